The molecule has 1 heterocycles. The van der Waals surface area contributed by atoms with Gasteiger partial charge in [0.25, 0.3) is 5.91 Å². The van der Waals surface area contributed by atoms with Crippen molar-refractivity contribution >= 4 is 26.7 Å². The molecule has 0 bridgehead atoms. The Hall–Kier alpha value is -2.90. The van der Waals surface area contributed by atoms with E-state index in [0.29, 0.717) is 31.8 Å². The zero-order chi connectivity index (χ0) is 21.0. The van der Waals surface area contributed by atoms with Gasteiger partial charge in [0, 0.05) is 24.0 Å². The van der Waals surface area contributed by atoms with Crippen molar-refractivity contribution < 1.29 is 17.9 Å². The number of rotatable bonds is 7. The van der Waals surface area contributed by atoms with Gasteiger partial charge in [-0.2, -0.15) is 4.31 Å². The van der Waals surface area contributed by atoms with Crippen LogP contribution in [0.3, 0.4) is 0 Å². The highest BCUT2D eigenvalue weighted by Gasteiger charge is 2.27. The fourth-order valence-electron chi connectivity index (χ4n) is 3.62. The lowest BCUT2D eigenvalue weighted by atomic mass is 10.1. The molecule has 6 nitrogen and oxygen atoms in total. The number of hydrogen-bond donors (Lipinski definition) is 1. The van der Waals surface area contributed by atoms with Crippen LogP contribution in [0, 0.1) is 0 Å². The highest BCUT2D eigenvalue weighted by Crippen LogP contribution is 2.25. The van der Waals surface area contributed by atoms with E-state index >= 15 is 0 Å². The minimum Gasteiger partial charge on any atom is -0.491 e. The third kappa shape index (κ3) is 4.32. The van der Waals surface area contributed by atoms with Crippen molar-refractivity contribution in [3.8, 4) is 5.75 Å². The molecule has 156 valence electrons. The van der Waals surface area contributed by atoms with Crippen molar-refractivity contribution in [2.75, 3.05) is 26.2 Å². The monoisotopic (exact) mass is 424 g/mol. The second-order valence-corrected chi connectivity index (χ2v) is 9.16. The van der Waals surface area contributed by atoms with E-state index in [1.807, 2.05) is 42.5 Å². The summed E-state index contributed by atoms with van der Waals surface area (Å²) >= 11 is 0. The largest absolute Gasteiger partial charge is 0.491 e. The molecular weight excluding hydrogens is 400 g/mol. The highest BCUT2D eigenvalue weighted by molar-refractivity contribution is 7.89. The van der Waals surface area contributed by atoms with Crippen molar-refractivity contribution in [2.45, 2.75) is 17.7 Å². The zero-order valence-electron chi connectivity index (χ0n) is 16.6. The van der Waals surface area contributed by atoms with Crippen LogP contribution in [0.25, 0.3) is 10.8 Å². The molecule has 30 heavy (non-hydrogen) atoms. The van der Waals surface area contributed by atoms with Crippen molar-refractivity contribution in [3.63, 3.8) is 0 Å². The molecule has 4 rings (SSSR count). The van der Waals surface area contributed by atoms with Crippen molar-refractivity contribution in [2.24, 2.45) is 0 Å². The van der Waals surface area contributed by atoms with Crippen LogP contribution in [0.5, 0.6) is 5.75 Å². The molecule has 7 heteroatoms. The minimum absolute atomic E-state index is 0.157. The zero-order valence-corrected chi connectivity index (χ0v) is 17.4. The Morgan fingerprint density at radius 3 is 2.53 bits per heavy atom. The van der Waals surface area contributed by atoms with E-state index < -0.39 is 10.0 Å². The Bertz CT molecular complexity index is 1150. The van der Waals surface area contributed by atoms with E-state index in [1.54, 1.807) is 12.1 Å². The van der Waals surface area contributed by atoms with Crippen molar-refractivity contribution in [1.29, 1.82) is 0 Å². The molecule has 1 aliphatic heterocycles. The summed E-state index contributed by atoms with van der Waals surface area (Å²) in [6.07, 6.45) is 1.74. The first-order valence-corrected chi connectivity index (χ1v) is 11.5. The fraction of sp³-hybridized carbons (Fsp3) is 0.261. The van der Waals surface area contributed by atoms with Gasteiger partial charge in [-0.25, -0.2) is 8.42 Å². The van der Waals surface area contributed by atoms with Crippen LogP contribution in [0.1, 0.15) is 23.2 Å². The van der Waals surface area contributed by atoms with E-state index in [2.05, 4.69) is 5.32 Å². The number of carbonyl (C=O) groups excluding carboxylic acids is 1. The average Bonchev–Trinajstić information content (AvgIpc) is 3.33. The number of nitrogens with one attached hydrogen (secondary N) is 1. The van der Waals surface area contributed by atoms with Crippen LogP contribution >= 0.6 is 0 Å². The lowest BCUT2D eigenvalue weighted by Gasteiger charge is -2.16. The molecule has 0 aromatic heterocycles. The number of benzene rings is 3. The summed E-state index contributed by atoms with van der Waals surface area (Å²) in [5.74, 6) is 0.441. The van der Waals surface area contributed by atoms with Gasteiger partial charge < -0.3 is 10.1 Å². The molecule has 0 atom stereocenters. The number of nitrogens with zero attached hydrogens (tertiary/aromatic N) is 1. The molecule has 1 saturated heterocycles. The molecule has 0 spiro atoms. The third-order valence-corrected chi connectivity index (χ3v) is 7.09. The van der Waals surface area contributed by atoms with Gasteiger partial charge in [-0.1, -0.05) is 42.5 Å². The van der Waals surface area contributed by atoms with Crippen LogP contribution in [0.2, 0.25) is 0 Å². The summed E-state index contributed by atoms with van der Waals surface area (Å²) in [5, 5.41) is 4.91. The Balaban J connectivity index is 1.36. The standard InChI is InChI=1S/C23H24N2O4S/c26-23(19-9-5-10-20(17-19)30(27,28)25-14-3-4-15-25)24-13-16-29-22-12-6-8-18-7-1-2-11-21(18)22/h1-2,5-12,17H,3-4,13-16H2,(H,24,26). The van der Waals surface area contributed by atoms with E-state index in [4.69, 9.17) is 4.74 Å². The van der Waals surface area contributed by atoms with E-state index in [0.717, 1.165) is 29.4 Å². The smallest absolute Gasteiger partial charge is 0.251 e. The second-order valence-electron chi connectivity index (χ2n) is 7.22. The molecule has 1 amide bonds. The molecule has 0 radical (unpaired) electrons. The SMILES string of the molecule is O=C(NCCOc1cccc2ccccc12)c1cccc(S(=O)(=O)N2CCCC2)c1. The molecule has 1 aliphatic rings. The van der Waals surface area contributed by atoms with Crippen LogP contribution in [0.15, 0.2) is 71.6 Å². The number of ether oxygens (including phenoxy) is 1. The van der Waals surface area contributed by atoms with Crippen molar-refractivity contribution in [1.82, 2.24) is 9.62 Å². The summed E-state index contributed by atoms with van der Waals surface area (Å²) < 4.78 is 32.7. The predicted octanol–water partition coefficient (Wildman–Crippen LogP) is 3.43. The maximum Gasteiger partial charge on any atom is 0.251 e. The maximum atomic E-state index is 12.7. The lowest BCUT2D eigenvalue weighted by Crippen LogP contribution is -2.30. The second kappa shape index (κ2) is 8.85. The first-order chi connectivity index (χ1) is 14.6. The lowest BCUT2D eigenvalue weighted by molar-refractivity contribution is 0.0947. The Morgan fingerprint density at radius 2 is 1.70 bits per heavy atom. The molecule has 1 fully saturated rings. The minimum atomic E-state index is -3.55. The average molecular weight is 425 g/mol. The predicted molar refractivity (Wildman–Crippen MR) is 116 cm³/mol. The maximum absolute atomic E-state index is 12.7. The van der Waals surface area contributed by atoms with Crippen LogP contribution in [-0.4, -0.2) is 44.9 Å². The number of sulfonamides is 1. The number of hydrogen-bond acceptors (Lipinski definition) is 4. The van der Waals surface area contributed by atoms with Gasteiger partial charge >= 0.3 is 0 Å². The first-order valence-electron chi connectivity index (χ1n) is 10.0. The molecule has 3 aromatic carbocycles. The fourth-order valence-corrected chi connectivity index (χ4v) is 5.19. The van der Waals surface area contributed by atoms with Gasteiger partial charge in [0.05, 0.1) is 11.4 Å². The Kier molecular flexibility index (Phi) is 6.01. The van der Waals surface area contributed by atoms with Gasteiger partial charge in [-0.3, -0.25) is 4.79 Å². The number of carbonyl (C=O) groups is 1. The number of fused-ring (bicyclic) bond motifs is 1. The third-order valence-electron chi connectivity index (χ3n) is 5.19. The van der Waals surface area contributed by atoms with Gasteiger partial charge in [0.1, 0.15) is 12.4 Å². The summed E-state index contributed by atoms with van der Waals surface area (Å²) in [7, 11) is -3.55. The first kappa shape index (κ1) is 20.4. The Labute approximate surface area is 176 Å². The molecule has 0 unspecified atom stereocenters. The van der Waals surface area contributed by atoms with E-state index in [9.17, 15) is 13.2 Å². The van der Waals surface area contributed by atoms with Crippen LogP contribution in [0.4, 0.5) is 0 Å². The highest BCUT2D eigenvalue weighted by atomic mass is 32.2. The summed E-state index contributed by atoms with van der Waals surface area (Å²) in [5.41, 5.74) is 0.320. The molecular formula is C23H24N2O4S. The van der Waals surface area contributed by atoms with Gasteiger partial charge in [-0.15, -0.1) is 0 Å². The van der Waals surface area contributed by atoms with Crippen molar-refractivity contribution in [3.05, 3.63) is 72.3 Å². The Morgan fingerprint density at radius 1 is 0.967 bits per heavy atom. The summed E-state index contributed by atoms with van der Waals surface area (Å²) in [6, 6.07) is 20.0. The van der Waals surface area contributed by atoms with Gasteiger partial charge in [0.2, 0.25) is 10.0 Å². The molecule has 3 aromatic rings. The van der Waals surface area contributed by atoms with Crippen LogP contribution < -0.4 is 10.1 Å². The molecule has 0 aliphatic carbocycles. The summed E-state index contributed by atoms with van der Waals surface area (Å²) in [6.45, 7) is 1.69. The van der Waals surface area contributed by atoms with E-state index in [1.165, 1.54) is 16.4 Å². The topological polar surface area (TPSA) is 75.7 Å². The summed E-state index contributed by atoms with van der Waals surface area (Å²) in [4.78, 5) is 12.7. The van der Waals surface area contributed by atoms with E-state index in [-0.39, 0.29) is 10.8 Å². The van der Waals surface area contributed by atoms with Gasteiger partial charge in [-0.05, 0) is 42.5 Å². The normalized spacial score (nSPS) is 14.7. The van der Waals surface area contributed by atoms with Crippen LogP contribution in [-0.2, 0) is 10.0 Å². The molecule has 1 N–H and O–H groups in total. The molecule has 0 saturated carbocycles. The quantitative estimate of drug-likeness (QED) is 0.590. The van der Waals surface area contributed by atoms with Gasteiger partial charge in [0.15, 0.2) is 0 Å². The number of amides is 1.